The third-order valence-electron chi connectivity index (χ3n) is 6.19. The molecule has 0 amide bonds. The molecule has 2 heteroatoms. The summed E-state index contributed by atoms with van der Waals surface area (Å²) in [6.45, 7) is 9.40. The molecular formula is C25H54ClP. The van der Waals surface area contributed by atoms with Gasteiger partial charge in [0.25, 0.3) is 0 Å². The topological polar surface area (TPSA) is 0 Å². The van der Waals surface area contributed by atoms with E-state index >= 15 is 0 Å². The first kappa shape index (κ1) is 29.9. The molecule has 0 saturated carbocycles. The van der Waals surface area contributed by atoms with Gasteiger partial charge in [0.1, 0.15) is 0 Å². The number of rotatable bonds is 21. The van der Waals surface area contributed by atoms with Crippen LogP contribution in [0.5, 0.6) is 0 Å². The molecule has 0 spiro atoms. The summed E-state index contributed by atoms with van der Waals surface area (Å²) in [4.78, 5) is 0. The lowest BCUT2D eigenvalue weighted by molar-refractivity contribution is -0.00000602. The maximum absolute atomic E-state index is 2.35. The molecule has 0 aliphatic heterocycles. The van der Waals surface area contributed by atoms with Gasteiger partial charge in [-0.25, -0.2) is 0 Å². The van der Waals surface area contributed by atoms with Gasteiger partial charge >= 0.3 is 0 Å². The van der Waals surface area contributed by atoms with Crippen LogP contribution in [0.2, 0.25) is 0 Å². The van der Waals surface area contributed by atoms with Gasteiger partial charge in [-0.1, -0.05) is 85.5 Å². The van der Waals surface area contributed by atoms with Crippen molar-refractivity contribution in [2.75, 3.05) is 24.6 Å². The van der Waals surface area contributed by atoms with Crippen LogP contribution in [0.25, 0.3) is 0 Å². The maximum atomic E-state index is 2.35. The summed E-state index contributed by atoms with van der Waals surface area (Å²) in [5.41, 5.74) is 0. The van der Waals surface area contributed by atoms with E-state index in [0.717, 1.165) is 0 Å². The minimum atomic E-state index is -0.665. The Morgan fingerprint density at radius 3 is 0.815 bits per heavy atom. The predicted molar refractivity (Wildman–Crippen MR) is 128 cm³/mol. The first-order valence-electron chi connectivity index (χ1n) is 12.6. The van der Waals surface area contributed by atoms with Crippen LogP contribution in [0.3, 0.4) is 0 Å². The summed E-state index contributed by atoms with van der Waals surface area (Å²) in [5, 5.41) is 0. The van der Waals surface area contributed by atoms with E-state index in [1.54, 1.807) is 31.1 Å². The zero-order chi connectivity index (χ0) is 19.3. The van der Waals surface area contributed by atoms with E-state index in [0.29, 0.717) is 0 Å². The molecule has 0 aromatic heterocycles. The van der Waals surface area contributed by atoms with Gasteiger partial charge in [0.15, 0.2) is 0 Å². The molecule has 27 heavy (non-hydrogen) atoms. The highest BCUT2D eigenvalue weighted by Gasteiger charge is 2.34. The van der Waals surface area contributed by atoms with Crippen LogP contribution < -0.4 is 12.4 Å². The Balaban J connectivity index is 0. The fraction of sp³-hybridized carbons (Fsp3) is 1.00. The lowest BCUT2D eigenvalue weighted by atomic mass is 10.2. The molecule has 0 aliphatic rings. The second-order valence-corrected chi connectivity index (χ2v) is 13.3. The van der Waals surface area contributed by atoms with Crippen molar-refractivity contribution in [2.24, 2.45) is 0 Å². The molecular weight excluding hydrogens is 367 g/mol. The average molecular weight is 421 g/mol. The molecule has 0 bridgehead atoms. The second-order valence-electron chi connectivity index (χ2n) is 8.83. The van der Waals surface area contributed by atoms with Crippen LogP contribution in [0, 0.1) is 0 Å². The summed E-state index contributed by atoms with van der Waals surface area (Å²) in [6.07, 6.45) is 31.6. The molecule has 0 radical (unpaired) electrons. The molecule has 0 rings (SSSR count). The molecule has 0 atom stereocenters. The quantitative estimate of drug-likeness (QED) is 0.143. The van der Waals surface area contributed by atoms with Crippen molar-refractivity contribution in [2.45, 2.75) is 137 Å². The van der Waals surface area contributed by atoms with Crippen molar-refractivity contribution in [3.8, 4) is 0 Å². The highest BCUT2D eigenvalue weighted by Crippen LogP contribution is 2.61. The van der Waals surface area contributed by atoms with E-state index in [1.807, 2.05) is 0 Å². The van der Waals surface area contributed by atoms with Gasteiger partial charge in [0.05, 0.1) is 24.6 Å². The molecule has 0 N–H and O–H groups in total. The van der Waals surface area contributed by atoms with Gasteiger partial charge < -0.3 is 12.4 Å². The second kappa shape index (κ2) is 23.0. The van der Waals surface area contributed by atoms with Gasteiger partial charge in [-0.05, 0) is 51.4 Å². The Labute approximate surface area is 181 Å². The minimum absolute atomic E-state index is 0. The first-order valence-corrected chi connectivity index (χ1v) is 15.1. The smallest absolute Gasteiger partial charge is 0.0594 e. The molecule has 0 saturated heterocycles. The Morgan fingerprint density at radius 2 is 0.556 bits per heavy atom. The van der Waals surface area contributed by atoms with E-state index < -0.39 is 7.26 Å². The Kier molecular flexibility index (Phi) is 25.5. The standard InChI is InChI=1S/C25H54P.ClH/c1-5-9-13-17-21-25-26(22-18-14-10-6-2,23-19-15-11-7-3)24-20-16-12-8-4;/h5-25H2,1-4H3;1H/q+1;/p-1. The monoisotopic (exact) mass is 420 g/mol. The van der Waals surface area contributed by atoms with Crippen LogP contribution in [-0.2, 0) is 0 Å². The van der Waals surface area contributed by atoms with Crippen molar-refractivity contribution in [1.29, 1.82) is 0 Å². The Bertz CT molecular complexity index is 236. The largest absolute Gasteiger partial charge is 1.00 e. The van der Waals surface area contributed by atoms with Crippen LogP contribution in [0.4, 0.5) is 0 Å². The maximum Gasteiger partial charge on any atom is 0.0594 e. The van der Waals surface area contributed by atoms with E-state index in [9.17, 15) is 0 Å². The fourth-order valence-electron chi connectivity index (χ4n) is 4.34. The lowest BCUT2D eigenvalue weighted by Crippen LogP contribution is -3.00. The van der Waals surface area contributed by atoms with Gasteiger partial charge in [-0.15, -0.1) is 0 Å². The van der Waals surface area contributed by atoms with E-state index in [2.05, 4.69) is 27.7 Å². The third kappa shape index (κ3) is 18.5. The molecule has 0 fully saturated rings. The first-order chi connectivity index (χ1) is 12.7. The van der Waals surface area contributed by atoms with Crippen molar-refractivity contribution in [3.05, 3.63) is 0 Å². The Hall–Kier alpha value is 0.720. The molecule has 0 aromatic carbocycles. The summed E-state index contributed by atoms with van der Waals surface area (Å²) in [7, 11) is -0.665. The average Bonchev–Trinajstić information content (AvgIpc) is 2.65. The number of unbranched alkanes of at least 4 members (excludes halogenated alkanes) is 13. The van der Waals surface area contributed by atoms with Crippen molar-refractivity contribution in [3.63, 3.8) is 0 Å². The van der Waals surface area contributed by atoms with Crippen molar-refractivity contribution in [1.82, 2.24) is 0 Å². The van der Waals surface area contributed by atoms with Crippen molar-refractivity contribution >= 4 is 7.26 Å². The molecule has 0 unspecified atom stereocenters. The molecule has 166 valence electrons. The highest BCUT2D eigenvalue weighted by atomic mass is 35.5. The summed E-state index contributed by atoms with van der Waals surface area (Å²) >= 11 is 0. The third-order valence-corrected chi connectivity index (χ3v) is 11.3. The van der Waals surface area contributed by atoms with Crippen molar-refractivity contribution < 1.29 is 12.4 Å². The molecule has 0 heterocycles. The fourth-order valence-corrected chi connectivity index (χ4v) is 9.26. The zero-order valence-corrected chi connectivity index (χ0v) is 21.3. The van der Waals surface area contributed by atoms with Crippen LogP contribution in [0.15, 0.2) is 0 Å². The normalized spacial score (nSPS) is 11.6. The van der Waals surface area contributed by atoms with Crippen LogP contribution in [0.1, 0.15) is 137 Å². The Morgan fingerprint density at radius 1 is 0.333 bits per heavy atom. The summed E-state index contributed by atoms with van der Waals surface area (Å²) in [6, 6.07) is 0. The molecule has 0 aliphatic carbocycles. The van der Waals surface area contributed by atoms with E-state index in [4.69, 9.17) is 0 Å². The number of hydrogen-bond donors (Lipinski definition) is 0. The molecule has 0 aromatic rings. The van der Waals surface area contributed by atoms with E-state index in [-0.39, 0.29) is 12.4 Å². The van der Waals surface area contributed by atoms with Gasteiger partial charge in [-0.3, -0.25) is 0 Å². The highest BCUT2D eigenvalue weighted by molar-refractivity contribution is 7.75. The minimum Gasteiger partial charge on any atom is -1.00 e. The zero-order valence-electron chi connectivity index (χ0n) is 19.7. The van der Waals surface area contributed by atoms with Gasteiger partial charge in [0.2, 0.25) is 0 Å². The summed E-state index contributed by atoms with van der Waals surface area (Å²) < 4.78 is 0. The molecule has 0 nitrogen and oxygen atoms in total. The summed E-state index contributed by atoms with van der Waals surface area (Å²) in [5.74, 6) is 0. The van der Waals surface area contributed by atoms with Gasteiger partial charge in [-0.2, -0.15) is 0 Å². The number of hydrogen-bond acceptors (Lipinski definition) is 0. The number of halogens is 1. The predicted octanol–water partition coefficient (Wildman–Crippen LogP) is 6.72. The van der Waals surface area contributed by atoms with Crippen LogP contribution in [-0.4, -0.2) is 24.6 Å². The lowest BCUT2D eigenvalue weighted by Gasteiger charge is -2.28. The van der Waals surface area contributed by atoms with Gasteiger partial charge in [0, 0.05) is 7.26 Å². The SMILES string of the molecule is CCCCCCC[P+](CCCCCC)(CCCCCC)CCCCCC.[Cl-]. The van der Waals surface area contributed by atoms with E-state index in [1.165, 1.54) is 103 Å². The van der Waals surface area contributed by atoms with Crippen LogP contribution >= 0.6 is 7.26 Å².